The van der Waals surface area contributed by atoms with E-state index in [1.54, 1.807) is 24.3 Å². The molecule has 11 nitrogen and oxygen atoms in total. The Morgan fingerprint density at radius 3 is 2.53 bits per heavy atom. The fourth-order valence-electron chi connectivity index (χ4n) is 3.87. The summed E-state index contributed by atoms with van der Waals surface area (Å²) in [6.07, 6.45) is 3.59. The first-order valence-electron chi connectivity index (χ1n) is 11.0. The van der Waals surface area contributed by atoms with Crippen LogP contribution in [0.4, 0.5) is 11.4 Å². The number of rotatable bonds is 9. The second-order valence-electron chi connectivity index (χ2n) is 8.10. The highest BCUT2D eigenvalue weighted by Crippen LogP contribution is 2.30. The first kappa shape index (κ1) is 23.9. The number of nitro benzene ring substituents is 1. The van der Waals surface area contributed by atoms with Gasteiger partial charge in [-0.05, 0) is 62.1 Å². The van der Waals surface area contributed by atoms with Crippen LogP contribution in [-0.4, -0.2) is 56.0 Å². The van der Waals surface area contributed by atoms with Gasteiger partial charge in [0, 0.05) is 31.3 Å². The van der Waals surface area contributed by atoms with Crippen LogP contribution >= 0.6 is 0 Å². The third-order valence-corrected chi connectivity index (χ3v) is 7.65. The number of hydrazine groups is 1. The smallest absolute Gasteiger partial charge is 0.295 e. The minimum atomic E-state index is -3.81. The molecule has 0 aliphatic carbocycles. The lowest BCUT2D eigenvalue weighted by Crippen LogP contribution is -2.30. The number of hydrogen-bond donors (Lipinski definition) is 2. The maximum absolute atomic E-state index is 12.7. The molecule has 2 saturated heterocycles. The van der Waals surface area contributed by atoms with E-state index < -0.39 is 26.5 Å². The van der Waals surface area contributed by atoms with E-state index in [2.05, 4.69) is 10.9 Å². The van der Waals surface area contributed by atoms with Crippen molar-refractivity contribution in [3.8, 4) is 5.75 Å². The normalized spacial score (nSPS) is 18.5. The van der Waals surface area contributed by atoms with Crippen molar-refractivity contribution >= 4 is 27.3 Å². The summed E-state index contributed by atoms with van der Waals surface area (Å²) < 4.78 is 37.9. The molecule has 4 rings (SSSR count). The molecule has 2 heterocycles. The number of ether oxygens (including phenoxy) is 2. The highest BCUT2D eigenvalue weighted by molar-refractivity contribution is 7.89. The van der Waals surface area contributed by atoms with Gasteiger partial charge in [-0.2, -0.15) is 4.31 Å². The van der Waals surface area contributed by atoms with E-state index in [1.165, 1.54) is 16.4 Å². The first-order valence-corrected chi connectivity index (χ1v) is 12.5. The average molecular weight is 491 g/mol. The predicted octanol–water partition coefficient (Wildman–Crippen LogP) is 2.69. The summed E-state index contributed by atoms with van der Waals surface area (Å²) in [5, 5.41) is 11.6. The quantitative estimate of drug-likeness (QED) is 0.404. The van der Waals surface area contributed by atoms with Gasteiger partial charge in [0.05, 0.1) is 15.9 Å². The number of nitro groups is 1. The number of amides is 1. The molecule has 2 aliphatic rings. The third kappa shape index (κ3) is 5.46. The molecule has 0 unspecified atom stereocenters. The van der Waals surface area contributed by atoms with Gasteiger partial charge in [-0.25, -0.2) is 8.42 Å². The molecule has 2 fully saturated rings. The minimum absolute atomic E-state index is 0.0322. The molecular weight excluding hydrogens is 464 g/mol. The van der Waals surface area contributed by atoms with Crippen LogP contribution in [0.1, 0.15) is 36.0 Å². The van der Waals surface area contributed by atoms with Crippen molar-refractivity contribution in [3.63, 3.8) is 0 Å². The predicted molar refractivity (Wildman–Crippen MR) is 123 cm³/mol. The second-order valence-corrected chi connectivity index (χ2v) is 10.0. The van der Waals surface area contributed by atoms with Crippen LogP contribution in [0.3, 0.4) is 0 Å². The monoisotopic (exact) mass is 490 g/mol. The molecule has 12 heteroatoms. The van der Waals surface area contributed by atoms with Gasteiger partial charge in [0.25, 0.3) is 11.6 Å². The fourth-order valence-corrected chi connectivity index (χ4v) is 5.41. The second kappa shape index (κ2) is 10.4. The zero-order valence-corrected chi connectivity index (χ0v) is 19.3. The largest absolute Gasteiger partial charge is 0.491 e. The van der Waals surface area contributed by atoms with Crippen LogP contribution in [0.15, 0.2) is 47.4 Å². The number of sulfonamides is 1. The molecule has 2 aromatic carbocycles. The first-order chi connectivity index (χ1) is 16.3. The van der Waals surface area contributed by atoms with Crippen molar-refractivity contribution in [2.45, 2.75) is 36.7 Å². The van der Waals surface area contributed by atoms with Crippen molar-refractivity contribution in [3.05, 3.63) is 58.1 Å². The van der Waals surface area contributed by atoms with Gasteiger partial charge in [0.2, 0.25) is 10.0 Å². The molecule has 34 heavy (non-hydrogen) atoms. The molecule has 1 atom stereocenters. The van der Waals surface area contributed by atoms with Gasteiger partial charge in [0.15, 0.2) is 0 Å². The standard InChI is InChI=1S/C22H26N4O7S/c27-22(16-5-7-17(8-6-16)33-15-18-4-3-13-32-18)24-23-20-10-9-19(14-21(20)26(28)29)34(30,31)25-11-1-2-12-25/h5-10,14,18,23H,1-4,11-13,15H2,(H,24,27)/t18-/m1/s1. The van der Waals surface area contributed by atoms with Gasteiger partial charge >= 0.3 is 0 Å². The number of nitrogens with one attached hydrogen (secondary N) is 2. The highest BCUT2D eigenvalue weighted by Gasteiger charge is 2.29. The van der Waals surface area contributed by atoms with Crippen LogP contribution in [0.25, 0.3) is 0 Å². The Bertz CT molecular complexity index is 1140. The van der Waals surface area contributed by atoms with Crippen molar-refractivity contribution < 1.29 is 27.6 Å². The summed E-state index contributed by atoms with van der Waals surface area (Å²) in [5.41, 5.74) is 4.75. The summed E-state index contributed by atoms with van der Waals surface area (Å²) in [6.45, 7) is 1.98. The van der Waals surface area contributed by atoms with Gasteiger partial charge < -0.3 is 9.47 Å². The Hall–Kier alpha value is -3.22. The number of anilines is 1. The SMILES string of the molecule is O=C(NNc1ccc(S(=O)(=O)N2CCCC2)cc1[N+](=O)[O-])c1ccc(OC[C@H]2CCCO2)cc1. The Kier molecular flexibility index (Phi) is 7.29. The fraction of sp³-hybridized carbons (Fsp3) is 0.409. The van der Waals surface area contributed by atoms with E-state index in [9.17, 15) is 23.3 Å². The van der Waals surface area contributed by atoms with Crippen LogP contribution in [-0.2, 0) is 14.8 Å². The van der Waals surface area contributed by atoms with Crippen LogP contribution < -0.4 is 15.6 Å². The molecule has 1 amide bonds. The molecule has 0 radical (unpaired) electrons. The Morgan fingerprint density at radius 2 is 1.88 bits per heavy atom. The molecule has 182 valence electrons. The summed E-state index contributed by atoms with van der Waals surface area (Å²) >= 11 is 0. The van der Waals surface area contributed by atoms with Gasteiger partial charge in [0.1, 0.15) is 18.0 Å². The van der Waals surface area contributed by atoms with E-state index in [-0.39, 0.29) is 16.7 Å². The summed E-state index contributed by atoms with van der Waals surface area (Å²) in [4.78, 5) is 23.2. The Balaban J connectivity index is 1.39. The lowest BCUT2D eigenvalue weighted by Gasteiger charge is -2.16. The molecule has 0 aromatic heterocycles. The maximum Gasteiger partial charge on any atom is 0.295 e. The van der Waals surface area contributed by atoms with E-state index in [4.69, 9.17) is 9.47 Å². The maximum atomic E-state index is 12.7. The molecule has 0 saturated carbocycles. The summed E-state index contributed by atoms with van der Waals surface area (Å²) in [6, 6.07) is 10.0. The molecule has 2 aromatic rings. The third-order valence-electron chi connectivity index (χ3n) is 5.76. The van der Waals surface area contributed by atoms with E-state index in [1.807, 2.05) is 0 Å². The van der Waals surface area contributed by atoms with Crippen LogP contribution in [0, 0.1) is 10.1 Å². The lowest BCUT2D eigenvalue weighted by atomic mass is 10.2. The number of hydrogen-bond acceptors (Lipinski definition) is 8. The van der Waals surface area contributed by atoms with Gasteiger partial charge in [-0.15, -0.1) is 0 Å². The highest BCUT2D eigenvalue weighted by atomic mass is 32.2. The van der Waals surface area contributed by atoms with Crippen LogP contribution in [0.2, 0.25) is 0 Å². The van der Waals surface area contributed by atoms with E-state index in [0.29, 0.717) is 31.0 Å². The van der Waals surface area contributed by atoms with Crippen molar-refractivity contribution in [2.24, 2.45) is 0 Å². The lowest BCUT2D eigenvalue weighted by molar-refractivity contribution is -0.384. The average Bonchev–Trinajstić information content (AvgIpc) is 3.56. The number of carbonyl (C=O) groups is 1. The molecule has 0 bridgehead atoms. The van der Waals surface area contributed by atoms with Crippen molar-refractivity contribution in [1.29, 1.82) is 0 Å². The zero-order valence-electron chi connectivity index (χ0n) is 18.4. The van der Waals surface area contributed by atoms with E-state index >= 15 is 0 Å². The zero-order chi connectivity index (χ0) is 24.1. The Morgan fingerprint density at radius 1 is 1.15 bits per heavy atom. The number of nitrogens with zero attached hydrogens (tertiary/aromatic N) is 2. The molecule has 2 N–H and O–H groups in total. The van der Waals surface area contributed by atoms with Crippen molar-refractivity contribution in [2.75, 3.05) is 31.7 Å². The topological polar surface area (TPSA) is 140 Å². The Labute approximate surface area is 197 Å². The molecule has 2 aliphatic heterocycles. The summed E-state index contributed by atoms with van der Waals surface area (Å²) in [5.74, 6) is 0.0826. The van der Waals surface area contributed by atoms with E-state index in [0.717, 1.165) is 38.4 Å². The molecular formula is C22H26N4O7S. The van der Waals surface area contributed by atoms with Gasteiger partial charge in [-0.3, -0.25) is 25.8 Å². The number of carbonyl (C=O) groups excluding carboxylic acids is 1. The van der Waals surface area contributed by atoms with Gasteiger partial charge in [-0.1, -0.05) is 0 Å². The minimum Gasteiger partial charge on any atom is -0.491 e. The van der Waals surface area contributed by atoms with Crippen molar-refractivity contribution in [1.82, 2.24) is 9.73 Å². The summed E-state index contributed by atoms with van der Waals surface area (Å²) in [7, 11) is -3.81. The van der Waals surface area contributed by atoms with Crippen LogP contribution in [0.5, 0.6) is 5.75 Å². The number of benzene rings is 2. The molecule has 0 spiro atoms.